The molecule has 0 bridgehead atoms. The molecule has 96 valence electrons. The van der Waals surface area contributed by atoms with Crippen LogP contribution in [0.5, 0.6) is 0 Å². The van der Waals surface area contributed by atoms with Crippen LogP contribution in [0.15, 0.2) is 0 Å². The number of rotatable bonds is 7. The minimum Gasteiger partial charge on any atom is -0.389 e. The summed E-state index contributed by atoms with van der Waals surface area (Å²) in [5.74, 6) is 0.781. The summed E-state index contributed by atoms with van der Waals surface area (Å²) in [6.07, 6.45) is 8.44. The van der Waals surface area contributed by atoms with E-state index in [0.717, 1.165) is 32.0 Å². The summed E-state index contributed by atoms with van der Waals surface area (Å²) in [5, 5.41) is 9.69. The Kier molecular flexibility index (Phi) is 6.32. The summed E-state index contributed by atoms with van der Waals surface area (Å²) in [4.78, 5) is 0. The lowest BCUT2D eigenvalue weighted by molar-refractivity contribution is 0.0354. The Morgan fingerprint density at radius 2 is 2.00 bits per heavy atom. The molecule has 3 N–H and O–H groups in total. The van der Waals surface area contributed by atoms with Crippen LogP contribution < -0.4 is 5.73 Å². The van der Waals surface area contributed by atoms with E-state index in [9.17, 15) is 5.11 Å². The topological polar surface area (TPSA) is 55.5 Å². The molecule has 0 radical (unpaired) electrons. The third kappa shape index (κ3) is 5.83. The van der Waals surface area contributed by atoms with Crippen LogP contribution in [0.25, 0.3) is 0 Å². The van der Waals surface area contributed by atoms with Gasteiger partial charge in [0.25, 0.3) is 0 Å². The second-order valence-electron chi connectivity index (χ2n) is 5.38. The van der Waals surface area contributed by atoms with Crippen LogP contribution in [0.2, 0.25) is 0 Å². The molecule has 1 aliphatic rings. The summed E-state index contributed by atoms with van der Waals surface area (Å²) in [5.41, 5.74) is 4.73. The maximum atomic E-state index is 9.69. The summed E-state index contributed by atoms with van der Waals surface area (Å²) < 4.78 is 5.66. The van der Waals surface area contributed by atoms with Gasteiger partial charge in [-0.3, -0.25) is 0 Å². The smallest absolute Gasteiger partial charge is 0.0742 e. The Labute approximate surface area is 99.4 Å². The summed E-state index contributed by atoms with van der Waals surface area (Å²) in [6, 6.07) is 0. The molecule has 0 amide bonds. The molecule has 1 saturated carbocycles. The normalized spacial score (nSPS) is 21.9. The number of hydrogen-bond acceptors (Lipinski definition) is 3. The van der Waals surface area contributed by atoms with Crippen molar-refractivity contribution < 1.29 is 9.84 Å². The number of ether oxygens (including phenoxy) is 1. The first-order valence-corrected chi connectivity index (χ1v) is 6.64. The Hall–Kier alpha value is -0.120. The summed E-state index contributed by atoms with van der Waals surface area (Å²) in [6.45, 7) is 3.78. The highest BCUT2D eigenvalue weighted by molar-refractivity contribution is 4.72. The highest BCUT2D eigenvalue weighted by atomic mass is 16.5. The second-order valence-corrected chi connectivity index (χ2v) is 5.38. The molecule has 0 aromatic carbocycles. The van der Waals surface area contributed by atoms with E-state index in [1.807, 2.05) is 0 Å². The van der Waals surface area contributed by atoms with E-state index in [1.165, 1.54) is 32.1 Å². The molecular weight excluding hydrogens is 202 g/mol. The summed E-state index contributed by atoms with van der Waals surface area (Å²) >= 11 is 0. The van der Waals surface area contributed by atoms with Gasteiger partial charge < -0.3 is 15.6 Å². The van der Waals surface area contributed by atoms with Crippen LogP contribution in [0, 0.1) is 5.92 Å². The molecule has 1 aliphatic carbocycles. The van der Waals surface area contributed by atoms with Crippen molar-refractivity contribution in [3.63, 3.8) is 0 Å². The van der Waals surface area contributed by atoms with Gasteiger partial charge in [0.2, 0.25) is 0 Å². The molecule has 3 nitrogen and oxygen atoms in total. The largest absolute Gasteiger partial charge is 0.389 e. The van der Waals surface area contributed by atoms with Crippen molar-refractivity contribution in [2.24, 2.45) is 11.7 Å². The lowest BCUT2D eigenvalue weighted by atomic mass is 9.90. The van der Waals surface area contributed by atoms with Crippen molar-refractivity contribution in [3.8, 4) is 0 Å². The zero-order chi connectivity index (χ0) is 11.9. The van der Waals surface area contributed by atoms with Crippen LogP contribution in [0.4, 0.5) is 0 Å². The molecule has 0 aliphatic heterocycles. The van der Waals surface area contributed by atoms with Crippen LogP contribution >= 0.6 is 0 Å². The minimum absolute atomic E-state index is 0.329. The monoisotopic (exact) mass is 229 g/mol. The SMILES string of the molecule is CC(O)(CN)CCCOCC1CCCCC1. The quantitative estimate of drug-likeness (QED) is 0.657. The zero-order valence-electron chi connectivity index (χ0n) is 10.6. The first-order valence-electron chi connectivity index (χ1n) is 6.64. The first kappa shape index (κ1) is 13.9. The third-order valence-electron chi connectivity index (χ3n) is 3.52. The van der Waals surface area contributed by atoms with Crippen molar-refractivity contribution in [1.29, 1.82) is 0 Å². The van der Waals surface area contributed by atoms with Gasteiger partial charge in [0.05, 0.1) is 5.60 Å². The average molecular weight is 229 g/mol. The van der Waals surface area contributed by atoms with Crippen LogP contribution in [-0.2, 0) is 4.74 Å². The predicted molar refractivity (Wildman–Crippen MR) is 66.3 cm³/mol. The molecule has 16 heavy (non-hydrogen) atoms. The van der Waals surface area contributed by atoms with E-state index >= 15 is 0 Å². The highest BCUT2D eigenvalue weighted by Crippen LogP contribution is 2.23. The van der Waals surface area contributed by atoms with Crippen molar-refractivity contribution in [1.82, 2.24) is 0 Å². The third-order valence-corrected chi connectivity index (χ3v) is 3.52. The fourth-order valence-corrected chi connectivity index (χ4v) is 2.26. The van der Waals surface area contributed by atoms with Gasteiger partial charge in [0.15, 0.2) is 0 Å². The number of aliphatic hydroxyl groups is 1. The molecule has 0 aromatic rings. The lowest BCUT2D eigenvalue weighted by Gasteiger charge is -2.23. The molecule has 0 spiro atoms. The Morgan fingerprint density at radius 1 is 1.31 bits per heavy atom. The molecule has 0 heterocycles. The van der Waals surface area contributed by atoms with Gasteiger partial charge >= 0.3 is 0 Å². The molecule has 1 rings (SSSR count). The van der Waals surface area contributed by atoms with Gasteiger partial charge in [-0.25, -0.2) is 0 Å². The Morgan fingerprint density at radius 3 is 2.62 bits per heavy atom. The standard InChI is InChI=1S/C13H27NO2/c1-13(15,11-14)8-5-9-16-10-12-6-3-2-4-7-12/h12,15H,2-11,14H2,1H3. The van der Waals surface area contributed by atoms with Gasteiger partial charge in [-0.05, 0) is 38.5 Å². The Balaban J connectivity index is 1.95. The van der Waals surface area contributed by atoms with Gasteiger partial charge in [-0.15, -0.1) is 0 Å². The van der Waals surface area contributed by atoms with E-state index in [-0.39, 0.29) is 0 Å². The minimum atomic E-state index is -0.714. The van der Waals surface area contributed by atoms with Gasteiger partial charge in [-0.2, -0.15) is 0 Å². The number of nitrogens with two attached hydrogens (primary N) is 1. The van der Waals surface area contributed by atoms with Crippen LogP contribution in [0.3, 0.4) is 0 Å². The Bertz CT molecular complexity index is 177. The fourth-order valence-electron chi connectivity index (χ4n) is 2.26. The van der Waals surface area contributed by atoms with Crippen LogP contribution in [-0.4, -0.2) is 30.5 Å². The molecule has 1 atom stereocenters. The van der Waals surface area contributed by atoms with Crippen molar-refractivity contribution in [2.75, 3.05) is 19.8 Å². The molecule has 0 aromatic heterocycles. The van der Waals surface area contributed by atoms with Crippen molar-refractivity contribution >= 4 is 0 Å². The molecule has 3 heteroatoms. The molecule has 0 saturated heterocycles. The number of hydrogen-bond donors (Lipinski definition) is 2. The van der Waals surface area contributed by atoms with E-state index in [0.29, 0.717) is 6.54 Å². The van der Waals surface area contributed by atoms with Crippen molar-refractivity contribution in [2.45, 2.75) is 57.5 Å². The van der Waals surface area contributed by atoms with Gasteiger partial charge in [0, 0.05) is 19.8 Å². The maximum absolute atomic E-state index is 9.69. The second kappa shape index (κ2) is 7.25. The van der Waals surface area contributed by atoms with E-state index < -0.39 is 5.60 Å². The summed E-state index contributed by atoms with van der Waals surface area (Å²) in [7, 11) is 0. The maximum Gasteiger partial charge on any atom is 0.0742 e. The predicted octanol–water partition coefficient (Wildman–Crippen LogP) is 2.07. The fraction of sp³-hybridized carbons (Fsp3) is 1.00. The van der Waals surface area contributed by atoms with E-state index in [1.54, 1.807) is 6.92 Å². The first-order chi connectivity index (χ1) is 7.64. The van der Waals surface area contributed by atoms with Gasteiger partial charge in [-0.1, -0.05) is 19.3 Å². The highest BCUT2D eigenvalue weighted by Gasteiger charge is 2.17. The molecular formula is C13H27NO2. The zero-order valence-corrected chi connectivity index (χ0v) is 10.6. The molecule has 1 fully saturated rings. The molecule has 1 unspecified atom stereocenters. The van der Waals surface area contributed by atoms with E-state index in [4.69, 9.17) is 10.5 Å². The van der Waals surface area contributed by atoms with E-state index in [2.05, 4.69) is 0 Å². The average Bonchev–Trinajstić information content (AvgIpc) is 2.30. The van der Waals surface area contributed by atoms with Crippen molar-refractivity contribution in [3.05, 3.63) is 0 Å². The van der Waals surface area contributed by atoms with Crippen LogP contribution in [0.1, 0.15) is 51.9 Å². The van der Waals surface area contributed by atoms with Gasteiger partial charge in [0.1, 0.15) is 0 Å². The lowest BCUT2D eigenvalue weighted by Crippen LogP contribution is -2.34.